The van der Waals surface area contributed by atoms with Gasteiger partial charge in [0, 0.05) is 18.5 Å². The smallest absolute Gasteiger partial charge is 0.307 e. The van der Waals surface area contributed by atoms with Gasteiger partial charge in [-0.1, -0.05) is 48.5 Å². The number of ether oxygens (including phenoxy) is 2. The minimum Gasteiger partial charge on any atom is -0.497 e. The second kappa shape index (κ2) is 9.79. The summed E-state index contributed by atoms with van der Waals surface area (Å²) in [4.78, 5) is 15.0. The second-order valence-electron chi connectivity index (χ2n) is 8.83. The Labute approximate surface area is 210 Å². The van der Waals surface area contributed by atoms with Gasteiger partial charge in [-0.15, -0.1) is 0 Å². The van der Waals surface area contributed by atoms with E-state index in [1.165, 1.54) is 11.1 Å². The molecule has 0 bridgehead atoms. The van der Waals surface area contributed by atoms with E-state index in [4.69, 9.17) is 9.47 Å². The SMILES string of the molecule is COC(=O)CC1c2c(c3cc(OC)ccc3n2S(=O)(=O)c2ccccc2)CCN1Cc1ccccc1. The van der Waals surface area contributed by atoms with Crippen molar-refractivity contribution in [3.63, 3.8) is 0 Å². The van der Waals surface area contributed by atoms with Gasteiger partial charge in [0.25, 0.3) is 10.0 Å². The molecule has 7 nitrogen and oxygen atoms in total. The molecule has 2 heterocycles. The number of aromatic nitrogens is 1. The highest BCUT2D eigenvalue weighted by Gasteiger charge is 2.38. The Morgan fingerprint density at radius 3 is 2.33 bits per heavy atom. The molecule has 36 heavy (non-hydrogen) atoms. The first-order valence-corrected chi connectivity index (χ1v) is 13.2. The first-order chi connectivity index (χ1) is 17.4. The van der Waals surface area contributed by atoms with Crippen LogP contribution in [0.5, 0.6) is 5.75 Å². The van der Waals surface area contributed by atoms with Crippen molar-refractivity contribution in [1.29, 1.82) is 0 Å². The van der Waals surface area contributed by atoms with Gasteiger partial charge in [-0.05, 0) is 47.9 Å². The predicted octanol–water partition coefficient (Wildman–Crippen LogP) is 4.55. The van der Waals surface area contributed by atoms with E-state index in [0.29, 0.717) is 36.5 Å². The van der Waals surface area contributed by atoms with Crippen LogP contribution in [0.2, 0.25) is 0 Å². The van der Waals surface area contributed by atoms with Crippen molar-refractivity contribution >= 4 is 26.9 Å². The number of esters is 1. The monoisotopic (exact) mass is 504 g/mol. The van der Waals surface area contributed by atoms with E-state index < -0.39 is 22.0 Å². The molecule has 0 radical (unpaired) electrons. The van der Waals surface area contributed by atoms with Gasteiger partial charge < -0.3 is 9.47 Å². The molecule has 1 aliphatic heterocycles. The minimum absolute atomic E-state index is 0.0358. The van der Waals surface area contributed by atoms with Crippen LogP contribution < -0.4 is 4.74 Å². The molecule has 0 amide bonds. The molecule has 5 rings (SSSR count). The Morgan fingerprint density at radius 2 is 1.67 bits per heavy atom. The van der Waals surface area contributed by atoms with Crippen LogP contribution in [0.15, 0.2) is 83.8 Å². The number of hydrogen-bond acceptors (Lipinski definition) is 6. The lowest BCUT2D eigenvalue weighted by Crippen LogP contribution is -2.38. The molecule has 0 fully saturated rings. The number of carbonyl (C=O) groups excluding carboxylic acids is 1. The molecule has 186 valence electrons. The maximum Gasteiger partial charge on any atom is 0.307 e. The topological polar surface area (TPSA) is 77.8 Å². The standard InChI is InChI=1S/C28H28N2O5S/c1-34-21-13-14-25-24(17-21)23-15-16-29(19-20-9-5-3-6-10-20)26(18-27(31)35-2)28(23)30(25)36(32,33)22-11-7-4-8-12-22/h3-14,17,26H,15-16,18-19H2,1-2H3. The summed E-state index contributed by atoms with van der Waals surface area (Å²) in [6, 6.07) is 23.3. The molecule has 8 heteroatoms. The Balaban J connectivity index is 1.76. The highest BCUT2D eigenvalue weighted by atomic mass is 32.2. The zero-order valence-electron chi connectivity index (χ0n) is 20.3. The zero-order valence-corrected chi connectivity index (χ0v) is 21.1. The third-order valence-electron chi connectivity index (χ3n) is 6.78. The van der Waals surface area contributed by atoms with Gasteiger partial charge in [0.15, 0.2) is 0 Å². The van der Waals surface area contributed by atoms with E-state index in [1.54, 1.807) is 49.6 Å². The van der Waals surface area contributed by atoms with E-state index >= 15 is 0 Å². The summed E-state index contributed by atoms with van der Waals surface area (Å²) in [6.45, 7) is 1.25. The van der Waals surface area contributed by atoms with Crippen molar-refractivity contribution in [3.8, 4) is 5.75 Å². The Morgan fingerprint density at radius 1 is 0.972 bits per heavy atom. The fourth-order valence-corrected chi connectivity index (χ4v) is 6.69. The van der Waals surface area contributed by atoms with Crippen LogP contribution >= 0.6 is 0 Å². The van der Waals surface area contributed by atoms with Crippen molar-refractivity contribution in [2.75, 3.05) is 20.8 Å². The number of nitrogens with zero attached hydrogens (tertiary/aromatic N) is 2. The third-order valence-corrected chi connectivity index (χ3v) is 8.52. The number of rotatable bonds is 7. The summed E-state index contributed by atoms with van der Waals surface area (Å²) in [5.74, 6) is 0.258. The fourth-order valence-electron chi connectivity index (χ4n) is 5.07. The lowest BCUT2D eigenvalue weighted by molar-refractivity contribution is -0.142. The lowest BCUT2D eigenvalue weighted by atomic mass is 9.94. The van der Waals surface area contributed by atoms with E-state index in [2.05, 4.69) is 4.90 Å². The second-order valence-corrected chi connectivity index (χ2v) is 10.6. The molecule has 1 unspecified atom stereocenters. The van der Waals surface area contributed by atoms with E-state index in [-0.39, 0.29) is 11.3 Å². The van der Waals surface area contributed by atoms with Crippen LogP contribution in [0, 0.1) is 0 Å². The Kier molecular flexibility index (Phi) is 6.55. The normalized spacial score (nSPS) is 16.0. The fraction of sp³-hybridized carbons (Fsp3) is 0.250. The maximum absolute atomic E-state index is 14.1. The van der Waals surface area contributed by atoms with Gasteiger partial charge in [0.1, 0.15) is 5.75 Å². The van der Waals surface area contributed by atoms with Crippen LogP contribution in [0.1, 0.15) is 29.3 Å². The highest BCUT2D eigenvalue weighted by molar-refractivity contribution is 7.90. The molecule has 3 aromatic carbocycles. The average Bonchev–Trinajstić information content (AvgIpc) is 3.25. The first kappa shape index (κ1) is 24.1. The molecular formula is C28H28N2O5S. The average molecular weight is 505 g/mol. The Hall–Kier alpha value is -3.62. The van der Waals surface area contributed by atoms with Gasteiger partial charge in [-0.3, -0.25) is 9.69 Å². The summed E-state index contributed by atoms with van der Waals surface area (Å²) >= 11 is 0. The van der Waals surface area contributed by atoms with E-state index in [0.717, 1.165) is 16.5 Å². The first-order valence-electron chi connectivity index (χ1n) is 11.8. The summed E-state index contributed by atoms with van der Waals surface area (Å²) in [5.41, 5.74) is 3.18. The Bertz CT molecular complexity index is 1500. The predicted molar refractivity (Wildman–Crippen MR) is 137 cm³/mol. The molecule has 1 aromatic heterocycles. The summed E-state index contributed by atoms with van der Waals surface area (Å²) in [6.07, 6.45) is 0.676. The van der Waals surface area contributed by atoms with Crippen molar-refractivity contribution in [2.45, 2.75) is 30.3 Å². The third kappa shape index (κ3) is 4.27. The van der Waals surface area contributed by atoms with Crippen molar-refractivity contribution < 1.29 is 22.7 Å². The number of carbonyl (C=O) groups is 1. The van der Waals surface area contributed by atoms with Gasteiger partial charge >= 0.3 is 5.97 Å². The van der Waals surface area contributed by atoms with E-state index in [1.807, 2.05) is 36.4 Å². The molecule has 1 atom stereocenters. The lowest BCUT2D eigenvalue weighted by Gasteiger charge is -2.36. The molecule has 0 N–H and O–H groups in total. The van der Waals surface area contributed by atoms with Crippen molar-refractivity contribution in [3.05, 3.63) is 95.7 Å². The largest absolute Gasteiger partial charge is 0.497 e. The van der Waals surface area contributed by atoms with Gasteiger partial charge in [-0.2, -0.15) is 0 Å². The minimum atomic E-state index is -3.96. The number of benzene rings is 3. The van der Waals surface area contributed by atoms with Crippen LogP contribution in [-0.2, 0) is 32.5 Å². The summed E-state index contributed by atoms with van der Waals surface area (Å²) < 4.78 is 40.1. The number of hydrogen-bond donors (Lipinski definition) is 0. The van der Waals surface area contributed by atoms with Crippen LogP contribution in [0.3, 0.4) is 0 Å². The molecule has 0 saturated carbocycles. The molecule has 4 aromatic rings. The summed E-state index contributed by atoms with van der Waals surface area (Å²) in [7, 11) is -1.01. The van der Waals surface area contributed by atoms with Gasteiger partial charge in [0.05, 0.1) is 42.8 Å². The molecule has 0 spiro atoms. The van der Waals surface area contributed by atoms with Crippen LogP contribution in [-0.4, -0.2) is 44.0 Å². The van der Waals surface area contributed by atoms with Gasteiger partial charge in [0.2, 0.25) is 0 Å². The van der Waals surface area contributed by atoms with Crippen LogP contribution in [0.4, 0.5) is 0 Å². The molecule has 1 aliphatic rings. The van der Waals surface area contributed by atoms with E-state index in [9.17, 15) is 13.2 Å². The van der Waals surface area contributed by atoms with Crippen molar-refractivity contribution in [1.82, 2.24) is 8.87 Å². The molecule has 0 saturated heterocycles. The highest BCUT2D eigenvalue weighted by Crippen LogP contribution is 2.42. The summed E-state index contributed by atoms with van der Waals surface area (Å²) in [5, 5.41) is 0.818. The van der Waals surface area contributed by atoms with Crippen LogP contribution in [0.25, 0.3) is 10.9 Å². The quantitative estimate of drug-likeness (QED) is 0.344. The number of methoxy groups -OCH3 is 2. The maximum atomic E-state index is 14.1. The zero-order chi connectivity index (χ0) is 25.3. The number of fused-ring (bicyclic) bond motifs is 3. The molecule has 0 aliphatic carbocycles. The van der Waals surface area contributed by atoms with Gasteiger partial charge in [-0.25, -0.2) is 12.4 Å². The molecular weight excluding hydrogens is 476 g/mol. The van der Waals surface area contributed by atoms with Crippen molar-refractivity contribution in [2.24, 2.45) is 0 Å².